The number of nitrogens with zero attached hydrogens (tertiary/aromatic N) is 1. The van der Waals surface area contributed by atoms with E-state index in [2.05, 4.69) is 0 Å². The molecule has 7 nitrogen and oxygen atoms in total. The van der Waals surface area contributed by atoms with Crippen LogP contribution in [-0.4, -0.2) is 36.6 Å². The maximum Gasteiger partial charge on any atom is 0.280 e. The summed E-state index contributed by atoms with van der Waals surface area (Å²) in [6.45, 7) is 0.309. The van der Waals surface area contributed by atoms with Crippen LogP contribution in [0.15, 0.2) is 22.8 Å². The summed E-state index contributed by atoms with van der Waals surface area (Å²) in [6, 6.07) is 3.38. The lowest BCUT2D eigenvalue weighted by atomic mass is 10.4. The molecule has 17 heavy (non-hydrogen) atoms. The maximum atomic E-state index is 11.5. The molecule has 1 heterocycles. The monoisotopic (exact) mass is 262 g/mol. The summed E-state index contributed by atoms with van der Waals surface area (Å²) >= 11 is 0. The van der Waals surface area contributed by atoms with Gasteiger partial charge in [-0.3, -0.25) is 5.73 Å². The highest BCUT2D eigenvalue weighted by Gasteiger charge is 2.19. The van der Waals surface area contributed by atoms with Crippen molar-refractivity contribution in [3.63, 3.8) is 0 Å². The van der Waals surface area contributed by atoms with Crippen molar-refractivity contribution in [2.24, 2.45) is 5.73 Å². The summed E-state index contributed by atoms with van der Waals surface area (Å²) in [5, 5.41) is 10.3. The Balaban J connectivity index is 2.69. The van der Waals surface area contributed by atoms with Crippen molar-refractivity contribution in [3.8, 4) is 0 Å². The molecule has 0 aromatic carbocycles. The number of furan rings is 1. The van der Waals surface area contributed by atoms with Gasteiger partial charge >= 0.3 is 0 Å². The molecule has 0 radical (unpaired) electrons. The zero-order chi connectivity index (χ0) is 12.9. The molecule has 0 saturated carbocycles. The molecule has 0 aliphatic rings. The summed E-state index contributed by atoms with van der Waals surface area (Å²) in [5.41, 5.74) is 5.35. The molecule has 1 rings (SSSR count). The van der Waals surface area contributed by atoms with Crippen molar-refractivity contribution >= 4 is 15.9 Å². The molecule has 0 bridgehead atoms. The van der Waals surface area contributed by atoms with Gasteiger partial charge in [0.25, 0.3) is 5.84 Å². The SMILES string of the molecule is CS(=O)(=O)N(CCC(N)=[NH+]O)Cc1ccco1. The first-order valence-corrected chi connectivity index (χ1v) is 6.77. The van der Waals surface area contributed by atoms with Gasteiger partial charge < -0.3 is 9.62 Å². The molecule has 8 heteroatoms. The van der Waals surface area contributed by atoms with Crippen molar-refractivity contribution in [1.29, 1.82) is 0 Å². The van der Waals surface area contributed by atoms with Crippen molar-refractivity contribution in [1.82, 2.24) is 4.31 Å². The van der Waals surface area contributed by atoms with Gasteiger partial charge in [0.2, 0.25) is 10.0 Å². The van der Waals surface area contributed by atoms with E-state index in [0.29, 0.717) is 5.76 Å². The van der Waals surface area contributed by atoms with Gasteiger partial charge in [-0.1, -0.05) is 5.16 Å². The smallest absolute Gasteiger partial charge is 0.280 e. The Hall–Kier alpha value is -1.54. The lowest BCUT2D eigenvalue weighted by molar-refractivity contribution is -0.738. The summed E-state index contributed by atoms with van der Waals surface area (Å²) in [7, 11) is -3.35. The second kappa shape index (κ2) is 5.69. The van der Waals surface area contributed by atoms with Gasteiger partial charge in [0, 0.05) is 6.54 Å². The third-order valence-corrected chi connectivity index (χ3v) is 3.41. The minimum Gasteiger partial charge on any atom is -0.468 e. The molecule has 0 amide bonds. The second-order valence-corrected chi connectivity index (χ2v) is 5.55. The highest BCUT2D eigenvalue weighted by Crippen LogP contribution is 2.09. The van der Waals surface area contributed by atoms with Crippen LogP contribution in [-0.2, 0) is 16.6 Å². The predicted molar refractivity (Wildman–Crippen MR) is 60.5 cm³/mol. The Labute approximate surface area is 99.6 Å². The molecule has 1 aromatic rings. The lowest BCUT2D eigenvalue weighted by Gasteiger charge is -2.17. The van der Waals surface area contributed by atoms with Crippen LogP contribution in [0.1, 0.15) is 12.2 Å². The van der Waals surface area contributed by atoms with E-state index >= 15 is 0 Å². The molecule has 0 aliphatic carbocycles. The third kappa shape index (κ3) is 4.45. The van der Waals surface area contributed by atoms with Crippen molar-refractivity contribution in [2.75, 3.05) is 12.8 Å². The Morgan fingerprint density at radius 3 is 2.82 bits per heavy atom. The van der Waals surface area contributed by atoms with Crippen molar-refractivity contribution in [2.45, 2.75) is 13.0 Å². The topological polar surface area (TPSA) is 111 Å². The number of hydrogen-bond donors (Lipinski definition) is 3. The summed E-state index contributed by atoms with van der Waals surface area (Å²) in [4.78, 5) is 0. The molecule has 1 aromatic heterocycles. The standard InChI is InChI=1S/C9H15N3O4S/c1-17(14,15)12(5-4-9(10)11-13)7-8-3-2-6-16-8/h2-3,6,13H,4-5,7H2,1H3,(H2,10,11)/p+1. The summed E-state index contributed by atoms with van der Waals surface area (Å²) in [5.74, 6) is 0.657. The second-order valence-electron chi connectivity index (χ2n) is 3.56. The van der Waals surface area contributed by atoms with Crippen LogP contribution in [0.4, 0.5) is 0 Å². The first-order chi connectivity index (χ1) is 7.93. The Kier molecular flexibility index (Phi) is 4.53. The summed E-state index contributed by atoms with van der Waals surface area (Å²) in [6.07, 6.45) is 2.80. The van der Waals surface area contributed by atoms with Crippen LogP contribution in [0.5, 0.6) is 0 Å². The van der Waals surface area contributed by atoms with E-state index in [1.165, 1.54) is 10.6 Å². The number of rotatable bonds is 6. The molecule has 0 saturated heterocycles. The van der Waals surface area contributed by atoms with Crippen molar-refractivity contribution in [3.05, 3.63) is 24.2 Å². The number of nitrogens with one attached hydrogen (secondary N) is 1. The highest BCUT2D eigenvalue weighted by atomic mass is 32.2. The molecular formula is C9H16N3O4S+. The number of hydrogen-bond acceptors (Lipinski definition) is 4. The first kappa shape index (κ1) is 13.5. The largest absolute Gasteiger partial charge is 0.468 e. The normalized spacial score (nSPS) is 13.2. The Morgan fingerprint density at radius 2 is 2.35 bits per heavy atom. The average molecular weight is 262 g/mol. The quantitative estimate of drug-likeness (QED) is 0.244. The summed E-state index contributed by atoms with van der Waals surface area (Å²) < 4.78 is 29.3. The molecule has 0 spiro atoms. The van der Waals surface area contributed by atoms with Gasteiger partial charge in [0.05, 0.1) is 25.5 Å². The molecule has 96 valence electrons. The van der Waals surface area contributed by atoms with Gasteiger partial charge in [-0.05, 0) is 12.1 Å². The van der Waals surface area contributed by atoms with E-state index in [9.17, 15) is 8.42 Å². The van der Waals surface area contributed by atoms with E-state index in [1.54, 1.807) is 17.3 Å². The van der Waals surface area contributed by atoms with Gasteiger partial charge in [-0.25, -0.2) is 8.42 Å². The zero-order valence-corrected chi connectivity index (χ0v) is 10.3. The van der Waals surface area contributed by atoms with E-state index in [0.717, 1.165) is 6.26 Å². The minimum absolute atomic E-state index is 0.109. The fourth-order valence-corrected chi connectivity index (χ4v) is 2.02. The minimum atomic E-state index is -3.35. The van der Waals surface area contributed by atoms with E-state index in [1.807, 2.05) is 0 Å². The molecule has 0 atom stereocenters. The van der Waals surface area contributed by atoms with Crippen molar-refractivity contribution < 1.29 is 23.2 Å². The Morgan fingerprint density at radius 1 is 1.65 bits per heavy atom. The van der Waals surface area contributed by atoms with Crippen LogP contribution >= 0.6 is 0 Å². The third-order valence-electron chi connectivity index (χ3n) is 2.16. The zero-order valence-electron chi connectivity index (χ0n) is 9.46. The van der Waals surface area contributed by atoms with Gasteiger partial charge in [0.15, 0.2) is 0 Å². The van der Waals surface area contributed by atoms with E-state index in [-0.39, 0.29) is 25.3 Å². The fraction of sp³-hybridized carbons (Fsp3) is 0.444. The molecule has 0 aliphatic heterocycles. The van der Waals surface area contributed by atoms with Crippen LogP contribution < -0.4 is 10.9 Å². The highest BCUT2D eigenvalue weighted by molar-refractivity contribution is 7.88. The lowest BCUT2D eigenvalue weighted by Crippen LogP contribution is -2.71. The molecule has 0 unspecified atom stereocenters. The van der Waals surface area contributed by atoms with E-state index < -0.39 is 10.0 Å². The average Bonchev–Trinajstić information content (AvgIpc) is 2.74. The number of sulfonamides is 1. The number of nitrogens with two attached hydrogens (primary N) is 1. The van der Waals surface area contributed by atoms with Gasteiger partial charge in [-0.15, -0.1) is 0 Å². The van der Waals surface area contributed by atoms with Gasteiger partial charge in [0.1, 0.15) is 5.76 Å². The van der Waals surface area contributed by atoms with Crippen LogP contribution in [0.2, 0.25) is 0 Å². The van der Waals surface area contributed by atoms with E-state index in [4.69, 9.17) is 15.4 Å². The molecular weight excluding hydrogens is 246 g/mol. The predicted octanol–water partition coefficient (Wildman–Crippen LogP) is -1.74. The van der Waals surface area contributed by atoms with Crippen LogP contribution in [0, 0.1) is 0 Å². The van der Waals surface area contributed by atoms with Crippen LogP contribution in [0.25, 0.3) is 0 Å². The fourth-order valence-electron chi connectivity index (χ4n) is 1.24. The molecule has 0 fully saturated rings. The van der Waals surface area contributed by atoms with Gasteiger partial charge in [-0.2, -0.15) is 4.31 Å². The maximum absolute atomic E-state index is 11.5. The molecule has 4 N–H and O–H groups in total. The number of amidine groups is 1. The Bertz CT molecular complexity index is 466. The first-order valence-electron chi connectivity index (χ1n) is 4.92. The van der Waals surface area contributed by atoms with Crippen LogP contribution in [0.3, 0.4) is 0 Å².